The minimum absolute atomic E-state index is 0.206. The Morgan fingerprint density at radius 1 is 1.53 bits per heavy atom. The first kappa shape index (κ1) is 14.0. The normalized spacial score (nSPS) is 18.6. The van der Waals surface area contributed by atoms with Crippen LogP contribution in [0.1, 0.15) is 24.3 Å². The number of aromatic nitrogens is 1. The number of aliphatic carboxylic acids is 1. The second-order valence-electron chi connectivity index (χ2n) is 4.70. The van der Waals surface area contributed by atoms with Crippen LogP contribution in [-0.4, -0.2) is 42.0 Å². The smallest absolute Gasteiger partial charge is 0.306 e. The van der Waals surface area contributed by atoms with Crippen molar-refractivity contribution in [3.63, 3.8) is 0 Å². The van der Waals surface area contributed by atoms with E-state index < -0.39 is 21.9 Å². The Labute approximate surface area is 111 Å². The predicted octanol–water partition coefficient (Wildman–Crippen LogP) is 0.609. The molecule has 1 aliphatic rings. The number of piperidine rings is 1. The first-order valence-electron chi connectivity index (χ1n) is 6.01. The molecule has 7 nitrogen and oxygen atoms in total. The number of rotatable bonds is 4. The average molecular weight is 288 g/mol. The van der Waals surface area contributed by atoms with E-state index in [2.05, 4.69) is 5.16 Å². The van der Waals surface area contributed by atoms with Crippen LogP contribution >= 0.6 is 0 Å². The van der Waals surface area contributed by atoms with Crippen molar-refractivity contribution in [3.8, 4) is 0 Å². The predicted molar refractivity (Wildman–Crippen MR) is 65.8 cm³/mol. The van der Waals surface area contributed by atoms with Gasteiger partial charge in [-0.15, -0.1) is 0 Å². The van der Waals surface area contributed by atoms with Crippen molar-refractivity contribution < 1.29 is 22.8 Å². The number of aryl methyl sites for hydroxylation is 1. The van der Waals surface area contributed by atoms with E-state index in [1.165, 1.54) is 4.31 Å². The molecular formula is C11H16N2O5S. The summed E-state index contributed by atoms with van der Waals surface area (Å²) in [6.07, 6.45) is 0.707. The minimum atomic E-state index is -3.45. The van der Waals surface area contributed by atoms with E-state index >= 15 is 0 Å². The summed E-state index contributed by atoms with van der Waals surface area (Å²) in [5, 5.41) is 12.5. The van der Waals surface area contributed by atoms with Crippen LogP contribution in [0.4, 0.5) is 0 Å². The molecule has 0 unspecified atom stereocenters. The summed E-state index contributed by atoms with van der Waals surface area (Å²) in [4.78, 5) is 10.8. The Bertz CT molecular complexity index is 557. The highest BCUT2D eigenvalue weighted by atomic mass is 32.2. The van der Waals surface area contributed by atoms with Gasteiger partial charge < -0.3 is 9.63 Å². The van der Waals surface area contributed by atoms with E-state index in [1.807, 2.05) is 0 Å². The molecule has 1 aromatic heterocycles. The maximum atomic E-state index is 12.1. The molecular weight excluding hydrogens is 272 g/mol. The fraction of sp³-hybridized carbons (Fsp3) is 0.636. The molecule has 0 atom stereocenters. The van der Waals surface area contributed by atoms with Crippen LogP contribution in [0.3, 0.4) is 0 Å². The number of carboxylic acid groups (broad SMARTS) is 1. The van der Waals surface area contributed by atoms with Crippen molar-refractivity contribution >= 4 is 16.0 Å². The number of hydrogen-bond donors (Lipinski definition) is 1. The third-order valence-electron chi connectivity index (χ3n) is 3.20. The second-order valence-corrected chi connectivity index (χ2v) is 6.67. The van der Waals surface area contributed by atoms with E-state index in [1.54, 1.807) is 13.0 Å². The Morgan fingerprint density at radius 3 is 2.63 bits per heavy atom. The van der Waals surface area contributed by atoms with E-state index in [0.717, 1.165) is 0 Å². The summed E-state index contributed by atoms with van der Waals surface area (Å²) in [5.74, 6) is -0.943. The van der Waals surface area contributed by atoms with Crippen molar-refractivity contribution in [3.05, 3.63) is 17.5 Å². The van der Waals surface area contributed by atoms with Gasteiger partial charge in [-0.3, -0.25) is 4.79 Å². The first-order valence-corrected chi connectivity index (χ1v) is 7.62. The molecule has 19 heavy (non-hydrogen) atoms. The topological polar surface area (TPSA) is 101 Å². The van der Waals surface area contributed by atoms with Crippen LogP contribution in [0.2, 0.25) is 0 Å². The maximum absolute atomic E-state index is 12.1. The molecule has 1 saturated heterocycles. The number of sulfonamides is 1. The Balaban J connectivity index is 1.99. The van der Waals surface area contributed by atoms with E-state index in [9.17, 15) is 13.2 Å². The molecule has 8 heteroatoms. The summed E-state index contributed by atoms with van der Waals surface area (Å²) >= 11 is 0. The van der Waals surface area contributed by atoms with Crippen molar-refractivity contribution in [2.75, 3.05) is 13.1 Å². The van der Waals surface area contributed by atoms with E-state index in [4.69, 9.17) is 9.63 Å². The molecule has 0 spiro atoms. The molecule has 0 aliphatic carbocycles. The van der Waals surface area contributed by atoms with Crippen LogP contribution in [0.5, 0.6) is 0 Å². The van der Waals surface area contributed by atoms with Gasteiger partial charge in [0.1, 0.15) is 17.2 Å². The lowest BCUT2D eigenvalue weighted by molar-refractivity contribution is -0.142. The molecule has 1 N–H and O–H groups in total. The fourth-order valence-corrected chi connectivity index (χ4v) is 3.60. The monoisotopic (exact) mass is 288 g/mol. The molecule has 1 aliphatic heterocycles. The maximum Gasteiger partial charge on any atom is 0.306 e. The molecule has 1 aromatic rings. The van der Waals surface area contributed by atoms with Crippen LogP contribution < -0.4 is 0 Å². The third-order valence-corrected chi connectivity index (χ3v) is 5.02. The van der Waals surface area contributed by atoms with Gasteiger partial charge in [0.2, 0.25) is 10.0 Å². The van der Waals surface area contributed by atoms with Gasteiger partial charge in [0.05, 0.1) is 5.92 Å². The lowest BCUT2D eigenvalue weighted by Crippen LogP contribution is -2.40. The summed E-state index contributed by atoms with van der Waals surface area (Å²) in [5.41, 5.74) is 0.373. The lowest BCUT2D eigenvalue weighted by Gasteiger charge is -2.28. The zero-order chi connectivity index (χ0) is 14.0. The largest absolute Gasteiger partial charge is 0.481 e. The highest BCUT2D eigenvalue weighted by molar-refractivity contribution is 7.88. The number of carboxylic acids is 1. The number of hydrogen-bond acceptors (Lipinski definition) is 5. The number of carbonyl (C=O) groups is 1. The van der Waals surface area contributed by atoms with Crippen LogP contribution in [-0.2, 0) is 20.6 Å². The Morgan fingerprint density at radius 2 is 2.16 bits per heavy atom. The fourth-order valence-electron chi connectivity index (χ4n) is 2.15. The molecule has 0 saturated carbocycles. The minimum Gasteiger partial charge on any atom is -0.481 e. The van der Waals surface area contributed by atoms with Gasteiger partial charge in [-0.1, -0.05) is 5.16 Å². The lowest BCUT2D eigenvalue weighted by atomic mass is 9.99. The highest BCUT2D eigenvalue weighted by Gasteiger charge is 2.31. The van der Waals surface area contributed by atoms with Crippen LogP contribution in [0.25, 0.3) is 0 Å². The molecule has 106 valence electrons. The first-order chi connectivity index (χ1) is 8.88. The van der Waals surface area contributed by atoms with E-state index in [-0.39, 0.29) is 18.8 Å². The van der Waals surface area contributed by atoms with Gasteiger partial charge in [0.15, 0.2) is 0 Å². The molecule has 2 heterocycles. The Hall–Kier alpha value is -1.41. The zero-order valence-electron chi connectivity index (χ0n) is 10.6. The molecule has 0 bridgehead atoms. The summed E-state index contributed by atoms with van der Waals surface area (Å²) in [6, 6.07) is 1.58. The summed E-state index contributed by atoms with van der Waals surface area (Å²) in [6.45, 7) is 2.19. The van der Waals surface area contributed by atoms with Gasteiger partial charge in [-0.2, -0.15) is 0 Å². The van der Waals surface area contributed by atoms with Crippen molar-refractivity contribution in [1.29, 1.82) is 0 Å². The van der Waals surface area contributed by atoms with E-state index in [0.29, 0.717) is 24.3 Å². The molecule has 0 radical (unpaired) electrons. The number of nitrogens with zero attached hydrogens (tertiary/aromatic N) is 2. The summed E-state index contributed by atoms with van der Waals surface area (Å²) < 4.78 is 30.4. The Kier molecular flexibility index (Phi) is 3.91. The third kappa shape index (κ3) is 3.32. The molecule has 0 aromatic carbocycles. The molecule has 1 fully saturated rings. The van der Waals surface area contributed by atoms with Gasteiger partial charge in [-0.05, 0) is 19.8 Å². The van der Waals surface area contributed by atoms with Crippen molar-refractivity contribution in [2.45, 2.75) is 25.5 Å². The van der Waals surface area contributed by atoms with Crippen LogP contribution in [0, 0.1) is 12.8 Å². The van der Waals surface area contributed by atoms with Gasteiger partial charge in [-0.25, -0.2) is 12.7 Å². The highest BCUT2D eigenvalue weighted by Crippen LogP contribution is 2.21. The van der Waals surface area contributed by atoms with Crippen molar-refractivity contribution in [1.82, 2.24) is 9.46 Å². The van der Waals surface area contributed by atoms with Gasteiger partial charge >= 0.3 is 5.97 Å². The average Bonchev–Trinajstić information content (AvgIpc) is 2.74. The SMILES string of the molecule is Cc1cc(CS(=O)(=O)N2CCC(C(=O)O)CC2)no1. The van der Waals surface area contributed by atoms with Crippen molar-refractivity contribution in [2.24, 2.45) is 5.92 Å². The summed E-state index contributed by atoms with van der Waals surface area (Å²) in [7, 11) is -3.45. The standard InChI is InChI=1S/C11H16N2O5S/c1-8-6-10(12-18-8)7-19(16,17)13-4-2-9(3-5-13)11(14)15/h6,9H,2-5,7H2,1H3,(H,14,15). The quantitative estimate of drug-likeness (QED) is 0.871. The van der Waals surface area contributed by atoms with Gasteiger partial charge in [0.25, 0.3) is 0 Å². The van der Waals surface area contributed by atoms with Crippen LogP contribution in [0.15, 0.2) is 10.6 Å². The zero-order valence-corrected chi connectivity index (χ0v) is 11.4. The second kappa shape index (κ2) is 5.30. The van der Waals surface area contributed by atoms with Gasteiger partial charge in [0, 0.05) is 19.2 Å². The molecule has 0 amide bonds. The molecule has 2 rings (SSSR count).